The Kier molecular flexibility index (Phi) is 4.52. The Morgan fingerprint density at radius 3 is 2.36 bits per heavy atom. The maximum Gasteiger partial charge on any atom is 0.240 e. The molecule has 0 atom stereocenters. The van der Waals surface area contributed by atoms with Crippen molar-refractivity contribution in [1.82, 2.24) is 4.72 Å². The summed E-state index contributed by atoms with van der Waals surface area (Å²) in [6.07, 6.45) is 5.67. The Bertz CT molecular complexity index is 854. The van der Waals surface area contributed by atoms with Crippen molar-refractivity contribution in [1.29, 1.82) is 0 Å². The van der Waals surface area contributed by atoms with E-state index in [0.717, 1.165) is 37.9 Å². The van der Waals surface area contributed by atoms with E-state index in [4.69, 9.17) is 0 Å². The standard InChI is InChI=1S/C20H24N2O2S/c23-25(24,20-11-8-17-4-3-5-18(17)14-20)21-15-16-6-9-19(10-7-16)22-12-1-2-13-22/h6-11,14,21H,1-5,12-13,15H2. The van der Waals surface area contributed by atoms with E-state index in [-0.39, 0.29) is 0 Å². The zero-order valence-electron chi connectivity index (χ0n) is 14.4. The van der Waals surface area contributed by atoms with Gasteiger partial charge in [-0.25, -0.2) is 13.1 Å². The number of benzene rings is 2. The fourth-order valence-electron chi connectivity index (χ4n) is 3.78. The molecule has 25 heavy (non-hydrogen) atoms. The topological polar surface area (TPSA) is 49.4 Å². The van der Waals surface area contributed by atoms with Crippen molar-refractivity contribution in [2.45, 2.75) is 43.5 Å². The lowest BCUT2D eigenvalue weighted by Gasteiger charge is -2.17. The second-order valence-corrected chi connectivity index (χ2v) is 8.74. The average molecular weight is 356 g/mol. The number of sulfonamides is 1. The SMILES string of the molecule is O=S(=O)(NCc1ccc(N2CCCC2)cc1)c1ccc2c(c1)CCC2. The molecule has 2 aromatic rings. The smallest absolute Gasteiger partial charge is 0.240 e. The lowest BCUT2D eigenvalue weighted by atomic mass is 10.1. The van der Waals surface area contributed by atoms with Crippen molar-refractivity contribution in [3.8, 4) is 0 Å². The van der Waals surface area contributed by atoms with Gasteiger partial charge >= 0.3 is 0 Å². The van der Waals surface area contributed by atoms with Crippen LogP contribution < -0.4 is 9.62 Å². The first-order valence-corrected chi connectivity index (χ1v) is 10.6. The molecule has 0 spiro atoms. The molecule has 2 aliphatic rings. The van der Waals surface area contributed by atoms with Crippen LogP contribution in [0.4, 0.5) is 5.69 Å². The van der Waals surface area contributed by atoms with Gasteiger partial charge in [-0.15, -0.1) is 0 Å². The minimum atomic E-state index is -3.47. The highest BCUT2D eigenvalue weighted by Crippen LogP contribution is 2.25. The van der Waals surface area contributed by atoms with Crippen LogP contribution >= 0.6 is 0 Å². The van der Waals surface area contributed by atoms with Crippen LogP contribution in [0.25, 0.3) is 0 Å². The third-order valence-electron chi connectivity index (χ3n) is 5.25. The van der Waals surface area contributed by atoms with Crippen molar-refractivity contribution < 1.29 is 8.42 Å². The molecule has 1 aliphatic heterocycles. The van der Waals surface area contributed by atoms with Crippen LogP contribution in [0.15, 0.2) is 47.4 Å². The maximum atomic E-state index is 12.6. The van der Waals surface area contributed by atoms with Crippen LogP contribution in [0, 0.1) is 0 Å². The van der Waals surface area contributed by atoms with Gasteiger partial charge in [0.2, 0.25) is 10.0 Å². The molecular formula is C20H24N2O2S. The Labute approximate surface area is 149 Å². The fourth-order valence-corrected chi connectivity index (χ4v) is 4.84. The van der Waals surface area contributed by atoms with Crippen LogP contribution in [-0.4, -0.2) is 21.5 Å². The molecule has 0 bridgehead atoms. The number of anilines is 1. The van der Waals surface area contributed by atoms with Crippen molar-refractivity contribution >= 4 is 15.7 Å². The highest BCUT2D eigenvalue weighted by molar-refractivity contribution is 7.89. The minimum absolute atomic E-state index is 0.319. The number of nitrogens with zero attached hydrogens (tertiary/aromatic N) is 1. The minimum Gasteiger partial charge on any atom is -0.372 e. The molecule has 5 heteroatoms. The van der Waals surface area contributed by atoms with Gasteiger partial charge in [0.05, 0.1) is 4.90 Å². The molecule has 0 radical (unpaired) electrons. The summed E-state index contributed by atoms with van der Waals surface area (Å²) in [5.41, 5.74) is 4.67. The van der Waals surface area contributed by atoms with Gasteiger partial charge in [0.1, 0.15) is 0 Å². The van der Waals surface area contributed by atoms with Gasteiger partial charge in [-0.1, -0.05) is 18.2 Å². The van der Waals surface area contributed by atoms with E-state index in [0.29, 0.717) is 11.4 Å². The first-order valence-electron chi connectivity index (χ1n) is 9.07. The molecule has 1 heterocycles. The summed E-state index contributed by atoms with van der Waals surface area (Å²) in [5.74, 6) is 0. The number of nitrogens with one attached hydrogen (secondary N) is 1. The second kappa shape index (κ2) is 6.81. The molecule has 132 valence electrons. The first-order chi connectivity index (χ1) is 12.1. The third-order valence-corrected chi connectivity index (χ3v) is 6.65. The molecule has 4 rings (SSSR count). The Hall–Kier alpha value is -1.85. The van der Waals surface area contributed by atoms with Gasteiger partial charge in [-0.05, 0) is 73.1 Å². The summed E-state index contributed by atoms with van der Waals surface area (Å²) in [7, 11) is -3.47. The Morgan fingerprint density at radius 1 is 0.880 bits per heavy atom. The largest absolute Gasteiger partial charge is 0.372 e. The molecule has 1 N–H and O–H groups in total. The van der Waals surface area contributed by atoms with Gasteiger partial charge in [-0.3, -0.25) is 0 Å². The monoisotopic (exact) mass is 356 g/mol. The first kappa shape index (κ1) is 16.6. The maximum absolute atomic E-state index is 12.6. The predicted octanol–water partition coefficient (Wildman–Crippen LogP) is 3.25. The van der Waals surface area contributed by atoms with E-state index >= 15 is 0 Å². The van der Waals surface area contributed by atoms with Crippen molar-refractivity contribution in [3.63, 3.8) is 0 Å². The lowest BCUT2D eigenvalue weighted by molar-refractivity contribution is 0.581. The van der Waals surface area contributed by atoms with Crippen molar-refractivity contribution in [2.24, 2.45) is 0 Å². The molecular weight excluding hydrogens is 332 g/mol. The molecule has 0 unspecified atom stereocenters. The zero-order valence-corrected chi connectivity index (χ0v) is 15.2. The normalized spacial score (nSPS) is 17.0. The van der Waals surface area contributed by atoms with Crippen LogP contribution in [0.3, 0.4) is 0 Å². The number of fused-ring (bicyclic) bond motifs is 1. The van der Waals surface area contributed by atoms with Crippen LogP contribution in [0.1, 0.15) is 36.0 Å². The molecule has 4 nitrogen and oxygen atoms in total. The summed E-state index contributed by atoms with van der Waals surface area (Å²) in [5, 5.41) is 0. The zero-order chi connectivity index (χ0) is 17.3. The van der Waals surface area contributed by atoms with Gasteiger partial charge in [0.25, 0.3) is 0 Å². The van der Waals surface area contributed by atoms with E-state index in [1.54, 1.807) is 6.07 Å². The predicted molar refractivity (Wildman–Crippen MR) is 100 cm³/mol. The highest BCUT2D eigenvalue weighted by Gasteiger charge is 2.18. The van der Waals surface area contributed by atoms with Crippen LogP contribution in [0.2, 0.25) is 0 Å². The third kappa shape index (κ3) is 3.58. The molecule has 0 saturated carbocycles. The van der Waals surface area contributed by atoms with Gasteiger partial charge < -0.3 is 4.90 Å². The number of hydrogen-bond donors (Lipinski definition) is 1. The molecule has 1 saturated heterocycles. The number of aryl methyl sites for hydroxylation is 2. The van der Waals surface area contributed by atoms with Gasteiger partial charge in [0, 0.05) is 25.3 Å². The van der Waals surface area contributed by atoms with E-state index < -0.39 is 10.0 Å². The lowest BCUT2D eigenvalue weighted by Crippen LogP contribution is -2.23. The number of rotatable bonds is 5. The van der Waals surface area contributed by atoms with Crippen LogP contribution in [0.5, 0.6) is 0 Å². The van der Waals surface area contributed by atoms with Crippen molar-refractivity contribution in [2.75, 3.05) is 18.0 Å². The molecule has 2 aromatic carbocycles. The van der Waals surface area contributed by atoms with E-state index in [1.807, 2.05) is 24.3 Å². The molecule has 1 aliphatic carbocycles. The summed E-state index contributed by atoms with van der Waals surface area (Å²) in [6, 6.07) is 13.7. The van der Waals surface area contributed by atoms with E-state index in [9.17, 15) is 8.42 Å². The van der Waals surface area contributed by atoms with Crippen molar-refractivity contribution in [3.05, 3.63) is 59.2 Å². The van der Waals surface area contributed by atoms with Crippen LogP contribution in [-0.2, 0) is 29.4 Å². The fraction of sp³-hybridized carbons (Fsp3) is 0.400. The van der Waals surface area contributed by atoms with Gasteiger partial charge in [-0.2, -0.15) is 0 Å². The second-order valence-electron chi connectivity index (χ2n) is 6.97. The Morgan fingerprint density at radius 2 is 1.60 bits per heavy atom. The molecule has 0 aromatic heterocycles. The Balaban J connectivity index is 1.43. The van der Waals surface area contributed by atoms with Gasteiger partial charge in [0.15, 0.2) is 0 Å². The molecule has 0 amide bonds. The number of hydrogen-bond acceptors (Lipinski definition) is 3. The quantitative estimate of drug-likeness (QED) is 0.895. The van der Waals surface area contributed by atoms with E-state index in [1.165, 1.54) is 29.7 Å². The summed E-state index contributed by atoms with van der Waals surface area (Å²) in [6.45, 7) is 2.55. The summed E-state index contributed by atoms with van der Waals surface area (Å²) in [4.78, 5) is 2.75. The van der Waals surface area contributed by atoms with E-state index in [2.05, 4.69) is 21.8 Å². The molecule has 1 fully saturated rings. The highest BCUT2D eigenvalue weighted by atomic mass is 32.2. The summed E-state index contributed by atoms with van der Waals surface area (Å²) < 4.78 is 27.9. The summed E-state index contributed by atoms with van der Waals surface area (Å²) >= 11 is 0. The average Bonchev–Trinajstić information content (AvgIpc) is 3.31.